The van der Waals surface area contributed by atoms with Crippen LogP contribution in [0, 0.1) is 6.92 Å². The molecule has 0 aromatic heterocycles. The Labute approximate surface area is 185 Å². The highest BCUT2D eigenvalue weighted by Crippen LogP contribution is 2.42. The SMILES string of the molecule is COc1cc(/C=C2\C(=O)N(c3ccc(C)cc3)C(=O)c3ccccc32)cc2c1OCCO2. The number of rotatable bonds is 3. The Morgan fingerprint density at radius 3 is 2.38 bits per heavy atom. The van der Waals surface area contributed by atoms with Crippen LogP contribution in [0.2, 0.25) is 0 Å². The third-order valence-corrected chi connectivity index (χ3v) is 5.54. The first-order valence-corrected chi connectivity index (χ1v) is 10.3. The van der Waals surface area contributed by atoms with E-state index in [1.807, 2.05) is 31.2 Å². The second-order valence-corrected chi connectivity index (χ2v) is 7.63. The van der Waals surface area contributed by atoms with Gasteiger partial charge >= 0.3 is 0 Å². The summed E-state index contributed by atoms with van der Waals surface area (Å²) in [6.07, 6.45) is 1.76. The third-order valence-electron chi connectivity index (χ3n) is 5.54. The van der Waals surface area contributed by atoms with Crippen LogP contribution in [0.3, 0.4) is 0 Å². The molecular weight excluding hydrogens is 406 g/mol. The minimum atomic E-state index is -0.383. The average Bonchev–Trinajstić information content (AvgIpc) is 2.82. The zero-order valence-electron chi connectivity index (χ0n) is 17.8. The van der Waals surface area contributed by atoms with Gasteiger partial charge in [-0.05, 0) is 54.5 Å². The van der Waals surface area contributed by atoms with Gasteiger partial charge in [0.15, 0.2) is 11.5 Å². The van der Waals surface area contributed by atoms with Crippen LogP contribution in [0.4, 0.5) is 5.69 Å². The number of carbonyl (C=O) groups excluding carboxylic acids is 2. The molecule has 6 heteroatoms. The van der Waals surface area contributed by atoms with Gasteiger partial charge in [-0.2, -0.15) is 0 Å². The fourth-order valence-corrected chi connectivity index (χ4v) is 3.96. The lowest BCUT2D eigenvalue weighted by Gasteiger charge is -2.29. The van der Waals surface area contributed by atoms with Gasteiger partial charge in [0.25, 0.3) is 11.8 Å². The summed E-state index contributed by atoms with van der Waals surface area (Å²) in [6.45, 7) is 2.84. The Balaban J connectivity index is 1.66. The van der Waals surface area contributed by atoms with Gasteiger partial charge in [0.05, 0.1) is 12.8 Å². The molecule has 2 heterocycles. The van der Waals surface area contributed by atoms with Crippen LogP contribution in [0.25, 0.3) is 11.6 Å². The van der Waals surface area contributed by atoms with Gasteiger partial charge in [0, 0.05) is 11.1 Å². The minimum absolute atomic E-state index is 0.341. The Bertz CT molecular complexity index is 1240. The Morgan fingerprint density at radius 1 is 0.906 bits per heavy atom. The van der Waals surface area contributed by atoms with Crippen LogP contribution in [-0.2, 0) is 4.79 Å². The molecule has 0 aliphatic carbocycles. The summed E-state index contributed by atoms with van der Waals surface area (Å²) in [5, 5.41) is 0. The van der Waals surface area contributed by atoms with E-state index in [4.69, 9.17) is 14.2 Å². The Hall–Kier alpha value is -4.06. The molecule has 3 aromatic carbocycles. The zero-order valence-corrected chi connectivity index (χ0v) is 17.8. The molecule has 2 amide bonds. The number of carbonyl (C=O) groups is 2. The first kappa shape index (κ1) is 19.9. The van der Waals surface area contributed by atoms with Crippen molar-refractivity contribution < 1.29 is 23.8 Å². The summed E-state index contributed by atoms with van der Waals surface area (Å²) in [4.78, 5) is 28.0. The van der Waals surface area contributed by atoms with E-state index in [0.29, 0.717) is 58.4 Å². The molecular formula is C26H21NO5. The predicted molar refractivity (Wildman–Crippen MR) is 121 cm³/mol. The molecule has 32 heavy (non-hydrogen) atoms. The topological polar surface area (TPSA) is 65.1 Å². The van der Waals surface area contributed by atoms with Gasteiger partial charge in [0.2, 0.25) is 5.75 Å². The van der Waals surface area contributed by atoms with E-state index in [9.17, 15) is 9.59 Å². The van der Waals surface area contributed by atoms with Gasteiger partial charge < -0.3 is 14.2 Å². The fourth-order valence-electron chi connectivity index (χ4n) is 3.96. The van der Waals surface area contributed by atoms with Crippen molar-refractivity contribution in [3.05, 3.63) is 82.9 Å². The summed E-state index contributed by atoms with van der Waals surface area (Å²) in [5.74, 6) is 0.910. The van der Waals surface area contributed by atoms with E-state index in [2.05, 4.69) is 0 Å². The average molecular weight is 427 g/mol. The Kier molecular flexibility index (Phi) is 4.90. The highest BCUT2D eigenvalue weighted by atomic mass is 16.6. The standard InChI is InChI=1S/C26H21NO5/c1-16-7-9-18(10-8-16)27-25(28)20-6-4-3-5-19(20)21(26(27)29)13-17-14-22(30-2)24-23(15-17)31-11-12-32-24/h3-10,13-15H,11-12H2,1-2H3/b21-13-. The van der Waals surface area contributed by atoms with Gasteiger partial charge in [-0.25, -0.2) is 4.90 Å². The fraction of sp³-hybridized carbons (Fsp3) is 0.154. The predicted octanol–water partition coefficient (Wildman–Crippen LogP) is 4.50. The van der Waals surface area contributed by atoms with Crippen molar-refractivity contribution in [2.45, 2.75) is 6.92 Å². The van der Waals surface area contributed by atoms with E-state index in [0.717, 1.165) is 5.56 Å². The first-order chi connectivity index (χ1) is 15.6. The van der Waals surface area contributed by atoms with Gasteiger partial charge in [-0.3, -0.25) is 9.59 Å². The number of benzene rings is 3. The van der Waals surface area contributed by atoms with Crippen molar-refractivity contribution in [3.63, 3.8) is 0 Å². The van der Waals surface area contributed by atoms with Crippen LogP contribution in [0.5, 0.6) is 17.2 Å². The van der Waals surface area contributed by atoms with Crippen molar-refractivity contribution in [1.82, 2.24) is 0 Å². The van der Waals surface area contributed by atoms with E-state index >= 15 is 0 Å². The lowest BCUT2D eigenvalue weighted by molar-refractivity contribution is -0.112. The third kappa shape index (κ3) is 3.30. The molecule has 2 aliphatic rings. The van der Waals surface area contributed by atoms with Crippen LogP contribution < -0.4 is 19.1 Å². The number of hydrogen-bond donors (Lipinski definition) is 0. The molecule has 0 bridgehead atoms. The van der Waals surface area contributed by atoms with Crippen LogP contribution in [0.15, 0.2) is 60.7 Å². The minimum Gasteiger partial charge on any atom is -0.493 e. The van der Waals surface area contributed by atoms with Crippen molar-refractivity contribution >= 4 is 29.2 Å². The summed E-state index contributed by atoms with van der Waals surface area (Å²) in [7, 11) is 1.56. The molecule has 0 radical (unpaired) electrons. The monoisotopic (exact) mass is 427 g/mol. The maximum Gasteiger partial charge on any atom is 0.265 e. The highest BCUT2D eigenvalue weighted by Gasteiger charge is 2.35. The van der Waals surface area contributed by atoms with Crippen molar-refractivity contribution in [2.24, 2.45) is 0 Å². The summed E-state index contributed by atoms with van der Waals surface area (Å²) in [6, 6.07) is 18.1. The lowest BCUT2D eigenvalue weighted by atomic mass is 9.91. The smallest absolute Gasteiger partial charge is 0.265 e. The van der Waals surface area contributed by atoms with Gasteiger partial charge in [0.1, 0.15) is 13.2 Å². The molecule has 160 valence electrons. The van der Waals surface area contributed by atoms with E-state index < -0.39 is 0 Å². The number of hydrogen-bond acceptors (Lipinski definition) is 5. The molecule has 0 unspecified atom stereocenters. The van der Waals surface area contributed by atoms with E-state index in [-0.39, 0.29) is 11.8 Å². The van der Waals surface area contributed by atoms with Crippen molar-refractivity contribution in [1.29, 1.82) is 0 Å². The summed E-state index contributed by atoms with van der Waals surface area (Å²) in [5.41, 5.74) is 3.78. The van der Waals surface area contributed by atoms with Gasteiger partial charge in [-0.1, -0.05) is 35.9 Å². The number of nitrogens with zero attached hydrogens (tertiary/aromatic N) is 1. The van der Waals surface area contributed by atoms with Crippen LogP contribution in [-0.4, -0.2) is 32.1 Å². The van der Waals surface area contributed by atoms with Crippen molar-refractivity contribution in [2.75, 3.05) is 25.2 Å². The van der Waals surface area contributed by atoms with E-state index in [1.54, 1.807) is 49.6 Å². The molecule has 0 N–H and O–H groups in total. The number of ether oxygens (including phenoxy) is 3. The van der Waals surface area contributed by atoms with Gasteiger partial charge in [-0.15, -0.1) is 0 Å². The number of anilines is 1. The maximum atomic E-state index is 13.6. The second kappa shape index (κ2) is 7.89. The molecule has 0 atom stereocenters. The zero-order chi connectivity index (χ0) is 22.2. The Morgan fingerprint density at radius 2 is 1.62 bits per heavy atom. The van der Waals surface area contributed by atoms with Crippen LogP contribution in [0.1, 0.15) is 27.0 Å². The summed E-state index contributed by atoms with van der Waals surface area (Å²) < 4.78 is 16.9. The molecule has 0 saturated carbocycles. The number of amides is 2. The number of imide groups is 1. The highest BCUT2D eigenvalue weighted by molar-refractivity contribution is 6.43. The molecule has 5 rings (SSSR count). The molecule has 0 fully saturated rings. The molecule has 0 saturated heterocycles. The first-order valence-electron chi connectivity index (χ1n) is 10.3. The number of methoxy groups -OCH3 is 1. The number of aryl methyl sites for hydroxylation is 1. The van der Waals surface area contributed by atoms with Crippen LogP contribution >= 0.6 is 0 Å². The largest absolute Gasteiger partial charge is 0.493 e. The molecule has 3 aromatic rings. The quantitative estimate of drug-likeness (QED) is 0.455. The lowest BCUT2D eigenvalue weighted by Crippen LogP contribution is -2.41. The maximum absolute atomic E-state index is 13.6. The molecule has 6 nitrogen and oxygen atoms in total. The molecule has 0 spiro atoms. The summed E-state index contributed by atoms with van der Waals surface area (Å²) >= 11 is 0. The number of fused-ring (bicyclic) bond motifs is 2. The molecule has 2 aliphatic heterocycles. The van der Waals surface area contributed by atoms with E-state index in [1.165, 1.54) is 4.90 Å². The second-order valence-electron chi connectivity index (χ2n) is 7.63. The van der Waals surface area contributed by atoms with Crippen molar-refractivity contribution in [3.8, 4) is 17.2 Å². The normalized spacial score (nSPS) is 16.2.